The molecule has 0 atom stereocenters. The van der Waals surface area contributed by atoms with Crippen LogP contribution in [0, 0.1) is 11.3 Å². The number of thiol groups is 1. The summed E-state index contributed by atoms with van der Waals surface area (Å²) in [6.45, 7) is 1.56. The van der Waals surface area contributed by atoms with Crippen LogP contribution in [-0.2, 0) is 4.74 Å². The summed E-state index contributed by atoms with van der Waals surface area (Å²) in [6, 6.07) is 3.77. The van der Waals surface area contributed by atoms with Gasteiger partial charge in [-0.3, -0.25) is 0 Å². The number of esters is 1. The summed E-state index contributed by atoms with van der Waals surface area (Å²) < 4.78 is 45.1. The van der Waals surface area contributed by atoms with Crippen molar-refractivity contribution in [1.82, 2.24) is 0 Å². The monoisotopic (exact) mass is 291 g/mol. The van der Waals surface area contributed by atoms with Crippen molar-refractivity contribution < 1.29 is 27.4 Å². The number of hydrogen-bond acceptors (Lipinski definition) is 5. The van der Waals surface area contributed by atoms with Gasteiger partial charge in [-0.25, -0.2) is 4.79 Å². The largest absolute Gasteiger partial charge is 0.573 e. The average Bonchev–Trinajstić information content (AvgIpc) is 2.30. The molecule has 0 fully saturated rings. The first-order chi connectivity index (χ1) is 8.80. The van der Waals surface area contributed by atoms with Crippen LogP contribution in [-0.4, -0.2) is 18.9 Å². The van der Waals surface area contributed by atoms with Gasteiger partial charge in [-0.15, -0.1) is 25.8 Å². The molecule has 4 nitrogen and oxygen atoms in total. The van der Waals surface area contributed by atoms with Gasteiger partial charge in [0.15, 0.2) is 5.75 Å². The maximum atomic E-state index is 12.2. The van der Waals surface area contributed by atoms with Crippen molar-refractivity contribution in [1.29, 1.82) is 5.26 Å². The van der Waals surface area contributed by atoms with E-state index in [0.29, 0.717) is 0 Å². The van der Waals surface area contributed by atoms with E-state index in [2.05, 4.69) is 22.1 Å². The lowest BCUT2D eigenvalue weighted by Crippen LogP contribution is -2.19. The van der Waals surface area contributed by atoms with Gasteiger partial charge >= 0.3 is 12.3 Å². The van der Waals surface area contributed by atoms with Crippen LogP contribution in [0.25, 0.3) is 0 Å². The molecule has 0 unspecified atom stereocenters. The van der Waals surface area contributed by atoms with E-state index in [4.69, 9.17) is 5.26 Å². The Kier molecular flexibility index (Phi) is 4.67. The van der Waals surface area contributed by atoms with Gasteiger partial charge in [0.25, 0.3) is 0 Å². The van der Waals surface area contributed by atoms with Crippen LogP contribution in [0.2, 0.25) is 0 Å². The van der Waals surface area contributed by atoms with E-state index >= 15 is 0 Å². The SMILES string of the molecule is CCOC(=O)c1ccc(S)c(OC(F)(F)F)c1C#N. The number of ether oxygens (including phenoxy) is 2. The molecule has 8 heteroatoms. The van der Waals surface area contributed by atoms with Crippen LogP contribution >= 0.6 is 12.6 Å². The normalized spacial score (nSPS) is 10.7. The zero-order valence-corrected chi connectivity index (χ0v) is 10.5. The number of hydrogen-bond donors (Lipinski definition) is 1. The Labute approximate surface area is 112 Å². The van der Waals surface area contributed by atoms with Crippen LogP contribution in [0.1, 0.15) is 22.8 Å². The number of halogens is 3. The maximum Gasteiger partial charge on any atom is 0.573 e. The molecule has 0 spiro atoms. The molecule has 0 heterocycles. The van der Waals surface area contributed by atoms with Gasteiger partial charge in [0.2, 0.25) is 0 Å². The fourth-order valence-corrected chi connectivity index (χ4v) is 1.51. The molecule has 1 aromatic rings. The number of carbonyl (C=O) groups is 1. The summed E-state index contributed by atoms with van der Waals surface area (Å²) in [6.07, 6.45) is -4.99. The van der Waals surface area contributed by atoms with Gasteiger partial charge in [-0.1, -0.05) is 0 Å². The van der Waals surface area contributed by atoms with Crippen molar-refractivity contribution in [3.05, 3.63) is 23.3 Å². The molecule has 1 aromatic carbocycles. The molecule has 0 aliphatic carbocycles. The first kappa shape index (κ1) is 15.2. The second-order valence-electron chi connectivity index (χ2n) is 3.22. The Morgan fingerprint density at radius 1 is 1.47 bits per heavy atom. The van der Waals surface area contributed by atoms with Crippen LogP contribution in [0.15, 0.2) is 17.0 Å². The number of nitriles is 1. The first-order valence-corrected chi connectivity index (χ1v) is 5.43. The molecule has 0 N–H and O–H groups in total. The van der Waals surface area contributed by atoms with E-state index in [1.165, 1.54) is 13.0 Å². The van der Waals surface area contributed by atoms with Crippen LogP contribution in [0.3, 0.4) is 0 Å². The van der Waals surface area contributed by atoms with E-state index in [-0.39, 0.29) is 17.1 Å². The molecular weight excluding hydrogens is 283 g/mol. The number of carbonyl (C=O) groups excluding carboxylic acids is 1. The highest BCUT2D eigenvalue weighted by Crippen LogP contribution is 2.34. The van der Waals surface area contributed by atoms with Gasteiger partial charge < -0.3 is 9.47 Å². The zero-order chi connectivity index (χ0) is 14.6. The van der Waals surface area contributed by atoms with Crippen LogP contribution in [0.5, 0.6) is 5.75 Å². The maximum absolute atomic E-state index is 12.2. The summed E-state index contributed by atoms with van der Waals surface area (Å²) in [7, 11) is 0. The van der Waals surface area contributed by atoms with Gasteiger partial charge in [-0.05, 0) is 19.1 Å². The molecule has 0 radical (unpaired) electrons. The molecular formula is C11H8F3NO3S. The Morgan fingerprint density at radius 3 is 2.58 bits per heavy atom. The molecule has 0 aromatic heterocycles. The fourth-order valence-electron chi connectivity index (χ4n) is 1.28. The molecule has 0 aliphatic heterocycles. The Morgan fingerprint density at radius 2 is 2.11 bits per heavy atom. The van der Waals surface area contributed by atoms with Crippen molar-refractivity contribution >= 4 is 18.6 Å². The zero-order valence-electron chi connectivity index (χ0n) is 9.61. The van der Waals surface area contributed by atoms with E-state index in [0.717, 1.165) is 12.1 Å². The van der Waals surface area contributed by atoms with Crippen molar-refractivity contribution in [2.45, 2.75) is 18.2 Å². The number of nitrogens with zero attached hydrogens (tertiary/aromatic N) is 1. The van der Waals surface area contributed by atoms with Gasteiger partial charge in [0.05, 0.1) is 12.2 Å². The molecule has 19 heavy (non-hydrogen) atoms. The predicted octanol–water partition coefficient (Wildman–Crippen LogP) is 2.92. The smallest absolute Gasteiger partial charge is 0.462 e. The standard InChI is InChI=1S/C11H8F3NO3S/c1-2-17-10(16)6-3-4-8(19)9(7(6)5-15)18-11(12,13)14/h3-4,19H,2H2,1H3. The first-order valence-electron chi connectivity index (χ1n) is 4.99. The van der Waals surface area contributed by atoms with E-state index in [9.17, 15) is 18.0 Å². The predicted molar refractivity (Wildman–Crippen MR) is 61.0 cm³/mol. The third-order valence-corrected chi connectivity index (χ3v) is 2.31. The molecule has 0 saturated carbocycles. The van der Waals surface area contributed by atoms with Crippen molar-refractivity contribution in [2.24, 2.45) is 0 Å². The van der Waals surface area contributed by atoms with Gasteiger partial charge in [0.1, 0.15) is 11.6 Å². The molecule has 1 rings (SSSR count). The second-order valence-corrected chi connectivity index (χ2v) is 3.70. The molecule has 0 aliphatic rings. The van der Waals surface area contributed by atoms with E-state index in [1.54, 1.807) is 0 Å². The topological polar surface area (TPSA) is 59.3 Å². The van der Waals surface area contributed by atoms with Crippen LogP contribution < -0.4 is 4.74 Å². The third kappa shape index (κ3) is 3.79. The van der Waals surface area contributed by atoms with Crippen molar-refractivity contribution in [3.8, 4) is 11.8 Å². The minimum absolute atomic E-state index is 0.0296. The quantitative estimate of drug-likeness (QED) is 0.687. The molecule has 0 saturated heterocycles. The summed E-state index contributed by atoms with van der Waals surface area (Å²) in [5.41, 5.74) is -0.871. The Hall–Kier alpha value is -1.88. The van der Waals surface area contributed by atoms with E-state index in [1.807, 2.05) is 0 Å². The van der Waals surface area contributed by atoms with E-state index < -0.39 is 23.6 Å². The Bertz CT molecular complexity index is 537. The summed E-state index contributed by atoms with van der Waals surface area (Å²) in [5.74, 6) is -1.72. The fraction of sp³-hybridized carbons (Fsp3) is 0.273. The van der Waals surface area contributed by atoms with Crippen LogP contribution in [0.4, 0.5) is 13.2 Å². The minimum atomic E-state index is -4.99. The number of alkyl halides is 3. The lowest BCUT2D eigenvalue weighted by molar-refractivity contribution is -0.275. The highest BCUT2D eigenvalue weighted by Gasteiger charge is 2.34. The highest BCUT2D eigenvalue weighted by molar-refractivity contribution is 7.80. The summed E-state index contributed by atoms with van der Waals surface area (Å²) >= 11 is 3.77. The molecule has 0 bridgehead atoms. The Balaban J connectivity index is 3.34. The number of rotatable bonds is 3. The lowest BCUT2D eigenvalue weighted by atomic mass is 10.1. The van der Waals surface area contributed by atoms with Gasteiger partial charge in [-0.2, -0.15) is 5.26 Å². The van der Waals surface area contributed by atoms with Crippen molar-refractivity contribution in [3.63, 3.8) is 0 Å². The second kappa shape index (κ2) is 5.84. The van der Waals surface area contributed by atoms with Gasteiger partial charge in [0, 0.05) is 4.90 Å². The minimum Gasteiger partial charge on any atom is -0.462 e. The third-order valence-electron chi connectivity index (χ3n) is 1.96. The summed E-state index contributed by atoms with van der Waals surface area (Å²) in [4.78, 5) is 11.3. The number of benzene rings is 1. The highest BCUT2D eigenvalue weighted by atomic mass is 32.1. The molecule has 102 valence electrons. The summed E-state index contributed by atoms with van der Waals surface area (Å²) in [5, 5.41) is 8.90. The van der Waals surface area contributed by atoms with Crippen molar-refractivity contribution in [2.75, 3.05) is 6.61 Å². The average molecular weight is 291 g/mol. The molecule has 0 amide bonds. The lowest BCUT2D eigenvalue weighted by Gasteiger charge is -2.14.